The molecular weight excluding hydrogens is 361 g/mol. The van der Waals surface area contributed by atoms with Crippen LogP contribution >= 0.6 is 0 Å². The van der Waals surface area contributed by atoms with Gasteiger partial charge in [0.25, 0.3) is 0 Å². The highest BCUT2D eigenvalue weighted by Gasteiger charge is 2.15. The third-order valence-electron chi connectivity index (χ3n) is 4.81. The molecule has 0 saturated heterocycles. The second kappa shape index (κ2) is 7.24. The second-order valence-corrected chi connectivity index (χ2v) is 6.68. The van der Waals surface area contributed by atoms with Gasteiger partial charge in [-0.05, 0) is 22.9 Å². The largest absolute Gasteiger partial charge is 0.208 e. The molecule has 0 aliphatic rings. The number of nitrogens with zero attached hydrogens (tertiary/aromatic N) is 3. The molecule has 0 amide bonds. The number of fused-ring (bicyclic) bond motifs is 1. The monoisotopic (exact) mass is 377 g/mol. The Morgan fingerprint density at radius 1 is 0.483 bits per heavy atom. The van der Waals surface area contributed by atoms with Gasteiger partial charge in [0.15, 0.2) is 17.5 Å². The predicted molar refractivity (Wildman–Crippen MR) is 114 cm³/mol. The fraction of sp³-hybridized carbons (Fsp3) is 0. The first-order valence-corrected chi connectivity index (χ1v) is 9.34. The minimum absolute atomic E-state index is 0.319. The van der Waals surface area contributed by atoms with E-state index in [9.17, 15) is 4.39 Å². The lowest BCUT2D eigenvalue weighted by Gasteiger charge is -2.10. The van der Waals surface area contributed by atoms with Gasteiger partial charge in [0.1, 0.15) is 5.82 Å². The van der Waals surface area contributed by atoms with E-state index in [-0.39, 0.29) is 5.82 Å². The van der Waals surface area contributed by atoms with Crippen molar-refractivity contribution in [1.82, 2.24) is 15.0 Å². The topological polar surface area (TPSA) is 38.7 Å². The Kier molecular flexibility index (Phi) is 4.30. The molecule has 0 fully saturated rings. The summed E-state index contributed by atoms with van der Waals surface area (Å²) >= 11 is 0. The molecule has 0 aliphatic carbocycles. The summed E-state index contributed by atoms with van der Waals surface area (Å²) in [4.78, 5) is 14.0. The number of aromatic nitrogens is 3. The maximum Gasteiger partial charge on any atom is 0.167 e. The van der Waals surface area contributed by atoms with Crippen LogP contribution in [0.2, 0.25) is 0 Å². The summed E-state index contributed by atoms with van der Waals surface area (Å²) in [5, 5.41) is 2.14. The zero-order valence-electron chi connectivity index (χ0n) is 15.5. The molecule has 0 atom stereocenters. The molecule has 0 spiro atoms. The summed E-state index contributed by atoms with van der Waals surface area (Å²) < 4.78 is 14.5. The third-order valence-corrected chi connectivity index (χ3v) is 4.81. The summed E-state index contributed by atoms with van der Waals surface area (Å²) in [6.45, 7) is 0. The Hall–Kier alpha value is -3.92. The van der Waals surface area contributed by atoms with Crippen LogP contribution < -0.4 is 0 Å². The molecule has 29 heavy (non-hydrogen) atoms. The van der Waals surface area contributed by atoms with Crippen molar-refractivity contribution in [2.24, 2.45) is 0 Å². The van der Waals surface area contributed by atoms with E-state index in [4.69, 9.17) is 4.98 Å². The Morgan fingerprint density at radius 3 is 1.90 bits per heavy atom. The van der Waals surface area contributed by atoms with Gasteiger partial charge >= 0.3 is 0 Å². The van der Waals surface area contributed by atoms with Crippen LogP contribution in [0.4, 0.5) is 4.39 Å². The minimum Gasteiger partial charge on any atom is -0.208 e. The fourth-order valence-corrected chi connectivity index (χ4v) is 3.40. The van der Waals surface area contributed by atoms with Crippen molar-refractivity contribution in [3.05, 3.63) is 103 Å². The standard InChI is InChI=1S/C25H16FN3/c26-22-16-7-6-14-21(22)25-28-23(18-10-2-1-3-11-18)27-24(29-25)20-15-8-12-17-9-4-5-13-19(17)20/h1-16H. The van der Waals surface area contributed by atoms with E-state index < -0.39 is 0 Å². The van der Waals surface area contributed by atoms with E-state index >= 15 is 0 Å². The summed E-state index contributed by atoms with van der Waals surface area (Å²) in [6, 6.07) is 30.3. The van der Waals surface area contributed by atoms with Gasteiger partial charge in [-0.1, -0.05) is 84.9 Å². The van der Waals surface area contributed by atoms with Crippen LogP contribution in [-0.4, -0.2) is 15.0 Å². The van der Waals surface area contributed by atoms with Crippen molar-refractivity contribution in [1.29, 1.82) is 0 Å². The summed E-state index contributed by atoms with van der Waals surface area (Å²) in [7, 11) is 0. The van der Waals surface area contributed by atoms with Gasteiger partial charge < -0.3 is 0 Å². The Morgan fingerprint density at radius 2 is 1.07 bits per heavy atom. The highest BCUT2D eigenvalue weighted by atomic mass is 19.1. The molecule has 0 unspecified atom stereocenters. The highest BCUT2D eigenvalue weighted by molar-refractivity contribution is 5.95. The molecule has 0 saturated carbocycles. The minimum atomic E-state index is -0.360. The molecule has 0 radical (unpaired) electrons. The second-order valence-electron chi connectivity index (χ2n) is 6.68. The van der Waals surface area contributed by atoms with Gasteiger partial charge in [-0.2, -0.15) is 0 Å². The number of hydrogen-bond acceptors (Lipinski definition) is 3. The summed E-state index contributed by atoms with van der Waals surface area (Å²) in [5.41, 5.74) is 2.10. The summed E-state index contributed by atoms with van der Waals surface area (Å²) in [6.07, 6.45) is 0. The molecule has 138 valence electrons. The van der Waals surface area contributed by atoms with Gasteiger partial charge in [-0.15, -0.1) is 0 Å². The van der Waals surface area contributed by atoms with E-state index in [1.807, 2.05) is 60.7 Å². The number of hydrogen-bond donors (Lipinski definition) is 0. The Balaban J connectivity index is 1.79. The van der Waals surface area contributed by atoms with E-state index in [1.54, 1.807) is 18.2 Å². The van der Waals surface area contributed by atoms with E-state index in [0.717, 1.165) is 21.9 Å². The van der Waals surface area contributed by atoms with Crippen LogP contribution in [0.1, 0.15) is 0 Å². The van der Waals surface area contributed by atoms with E-state index in [2.05, 4.69) is 22.1 Å². The zero-order chi connectivity index (χ0) is 19.6. The summed E-state index contributed by atoms with van der Waals surface area (Å²) in [5.74, 6) is 0.997. The van der Waals surface area contributed by atoms with Gasteiger partial charge in [0, 0.05) is 11.1 Å². The highest BCUT2D eigenvalue weighted by Crippen LogP contribution is 2.30. The number of halogens is 1. The lowest BCUT2D eigenvalue weighted by molar-refractivity contribution is 0.630. The van der Waals surface area contributed by atoms with Crippen LogP contribution in [0.5, 0.6) is 0 Å². The molecule has 5 aromatic rings. The maximum absolute atomic E-state index is 14.5. The number of rotatable bonds is 3. The molecule has 1 aromatic heterocycles. The number of benzene rings is 4. The zero-order valence-corrected chi connectivity index (χ0v) is 15.5. The van der Waals surface area contributed by atoms with Crippen LogP contribution in [0.3, 0.4) is 0 Å². The van der Waals surface area contributed by atoms with Crippen molar-refractivity contribution in [2.45, 2.75) is 0 Å². The van der Waals surface area contributed by atoms with Gasteiger partial charge in [0.05, 0.1) is 5.56 Å². The molecule has 3 nitrogen and oxygen atoms in total. The average molecular weight is 377 g/mol. The SMILES string of the molecule is Fc1ccccc1-c1nc(-c2ccccc2)nc(-c2cccc3ccccc23)n1. The Labute approximate surface area is 167 Å². The van der Waals surface area contributed by atoms with Crippen LogP contribution in [0, 0.1) is 5.82 Å². The fourth-order valence-electron chi connectivity index (χ4n) is 3.40. The molecular formula is C25H16FN3. The van der Waals surface area contributed by atoms with Crippen LogP contribution in [0.25, 0.3) is 44.9 Å². The van der Waals surface area contributed by atoms with Crippen molar-refractivity contribution in [3.8, 4) is 34.2 Å². The third kappa shape index (κ3) is 3.25. The quantitative estimate of drug-likeness (QED) is 0.378. The maximum atomic E-state index is 14.5. The smallest absolute Gasteiger partial charge is 0.167 e. The van der Waals surface area contributed by atoms with Crippen LogP contribution in [-0.2, 0) is 0 Å². The molecule has 4 aromatic carbocycles. The van der Waals surface area contributed by atoms with Gasteiger partial charge in [-0.3, -0.25) is 0 Å². The first-order chi connectivity index (χ1) is 14.3. The van der Waals surface area contributed by atoms with Crippen molar-refractivity contribution < 1.29 is 4.39 Å². The molecule has 0 aliphatic heterocycles. The molecule has 5 rings (SSSR count). The molecule has 0 bridgehead atoms. The average Bonchev–Trinajstić information content (AvgIpc) is 2.79. The van der Waals surface area contributed by atoms with Crippen molar-refractivity contribution >= 4 is 10.8 Å². The Bertz CT molecular complexity index is 1310. The van der Waals surface area contributed by atoms with Crippen LogP contribution in [0.15, 0.2) is 97.1 Å². The molecule has 0 N–H and O–H groups in total. The van der Waals surface area contributed by atoms with Crippen molar-refractivity contribution in [3.63, 3.8) is 0 Å². The predicted octanol–water partition coefficient (Wildman–Crippen LogP) is 6.16. The van der Waals surface area contributed by atoms with Crippen molar-refractivity contribution in [2.75, 3.05) is 0 Å². The van der Waals surface area contributed by atoms with E-state index in [1.165, 1.54) is 6.07 Å². The lowest BCUT2D eigenvalue weighted by atomic mass is 10.0. The van der Waals surface area contributed by atoms with Gasteiger partial charge in [-0.25, -0.2) is 19.3 Å². The normalized spacial score (nSPS) is 10.9. The first-order valence-electron chi connectivity index (χ1n) is 9.34. The first kappa shape index (κ1) is 17.2. The van der Waals surface area contributed by atoms with E-state index in [0.29, 0.717) is 23.0 Å². The van der Waals surface area contributed by atoms with Gasteiger partial charge in [0.2, 0.25) is 0 Å². The molecule has 4 heteroatoms. The molecule has 1 heterocycles. The lowest BCUT2D eigenvalue weighted by Crippen LogP contribution is -2.01.